The van der Waals surface area contributed by atoms with Gasteiger partial charge in [0.15, 0.2) is 6.61 Å². The number of ether oxygens (including phenoxy) is 1. The van der Waals surface area contributed by atoms with Crippen LogP contribution in [0.1, 0.15) is 25.3 Å². The van der Waals surface area contributed by atoms with Crippen molar-refractivity contribution in [3.63, 3.8) is 0 Å². The Morgan fingerprint density at radius 1 is 1.00 bits per heavy atom. The van der Waals surface area contributed by atoms with Crippen molar-refractivity contribution in [1.29, 1.82) is 0 Å². The minimum absolute atomic E-state index is 0.0486. The van der Waals surface area contributed by atoms with Gasteiger partial charge in [0.05, 0.1) is 4.90 Å². The van der Waals surface area contributed by atoms with Crippen molar-refractivity contribution in [3.8, 4) is 5.75 Å². The highest BCUT2D eigenvalue weighted by Gasteiger charge is 2.30. The lowest BCUT2D eigenvalue weighted by molar-refractivity contribution is -0.134. The topological polar surface area (TPSA) is 66.9 Å². The number of benzene rings is 2. The van der Waals surface area contributed by atoms with Gasteiger partial charge in [0.2, 0.25) is 10.0 Å². The van der Waals surface area contributed by atoms with Gasteiger partial charge in [-0.15, -0.1) is 0 Å². The molecule has 0 aliphatic carbocycles. The summed E-state index contributed by atoms with van der Waals surface area (Å²) in [4.78, 5) is 14.4. The van der Waals surface area contributed by atoms with Crippen LogP contribution in [-0.2, 0) is 14.8 Å². The number of sulfonamides is 1. The predicted octanol–water partition coefficient (Wildman–Crippen LogP) is 2.72. The first kappa shape index (κ1) is 20.4. The third-order valence-corrected chi connectivity index (χ3v) is 6.77. The minimum Gasteiger partial charge on any atom is -0.484 e. The van der Waals surface area contributed by atoms with E-state index in [1.54, 1.807) is 35.2 Å². The average Bonchev–Trinajstić information content (AvgIpc) is 2.73. The largest absolute Gasteiger partial charge is 0.484 e. The molecule has 0 radical (unpaired) electrons. The maximum absolute atomic E-state index is 12.7. The van der Waals surface area contributed by atoms with E-state index in [0.29, 0.717) is 24.8 Å². The van der Waals surface area contributed by atoms with Crippen molar-refractivity contribution in [2.24, 2.45) is 0 Å². The molecule has 0 saturated carbocycles. The molecule has 1 aliphatic heterocycles. The van der Waals surface area contributed by atoms with Crippen LogP contribution in [0, 0.1) is 0 Å². The number of rotatable bonds is 6. The zero-order chi connectivity index (χ0) is 20.1. The van der Waals surface area contributed by atoms with Crippen LogP contribution in [0.15, 0.2) is 59.5 Å². The molecular formula is C21H26N2O4S. The summed E-state index contributed by atoms with van der Waals surface area (Å²) in [5.74, 6) is 0.926. The molecule has 2 aromatic carbocycles. The van der Waals surface area contributed by atoms with Crippen molar-refractivity contribution < 1.29 is 17.9 Å². The number of nitrogens with zero attached hydrogens (tertiary/aromatic N) is 2. The smallest absolute Gasteiger partial charge is 0.260 e. The first-order valence-corrected chi connectivity index (χ1v) is 10.9. The molecule has 1 amide bonds. The maximum atomic E-state index is 12.7. The highest BCUT2D eigenvalue weighted by atomic mass is 32.2. The third kappa shape index (κ3) is 4.72. The number of amides is 1. The molecule has 150 valence electrons. The molecule has 0 spiro atoms. The molecule has 3 rings (SSSR count). The monoisotopic (exact) mass is 402 g/mol. The molecule has 0 bridgehead atoms. The van der Waals surface area contributed by atoms with Crippen LogP contribution < -0.4 is 4.74 Å². The molecule has 0 aromatic heterocycles. The Morgan fingerprint density at radius 2 is 1.68 bits per heavy atom. The average molecular weight is 403 g/mol. The van der Waals surface area contributed by atoms with Crippen LogP contribution in [0.2, 0.25) is 0 Å². The van der Waals surface area contributed by atoms with Gasteiger partial charge in [-0.2, -0.15) is 4.31 Å². The second-order valence-electron chi connectivity index (χ2n) is 7.11. The van der Waals surface area contributed by atoms with Crippen LogP contribution in [-0.4, -0.2) is 56.3 Å². The number of carbonyl (C=O) groups excluding carboxylic acids is 1. The molecule has 7 heteroatoms. The zero-order valence-corrected chi connectivity index (χ0v) is 17.1. The van der Waals surface area contributed by atoms with Crippen molar-refractivity contribution in [2.75, 3.05) is 32.8 Å². The first-order valence-electron chi connectivity index (χ1n) is 9.43. The minimum atomic E-state index is -3.52. The molecule has 1 fully saturated rings. The van der Waals surface area contributed by atoms with E-state index in [9.17, 15) is 13.2 Å². The Balaban J connectivity index is 1.53. The van der Waals surface area contributed by atoms with Crippen LogP contribution in [0.25, 0.3) is 0 Å². The number of piperazine rings is 1. The quantitative estimate of drug-likeness (QED) is 0.745. The highest BCUT2D eigenvalue weighted by Crippen LogP contribution is 2.21. The van der Waals surface area contributed by atoms with E-state index >= 15 is 0 Å². The van der Waals surface area contributed by atoms with Crippen LogP contribution in [0.4, 0.5) is 0 Å². The summed E-state index contributed by atoms with van der Waals surface area (Å²) in [7, 11) is -3.52. The zero-order valence-electron chi connectivity index (χ0n) is 16.2. The van der Waals surface area contributed by atoms with Gasteiger partial charge in [0.1, 0.15) is 5.75 Å². The fourth-order valence-electron chi connectivity index (χ4n) is 3.12. The molecule has 6 nitrogen and oxygen atoms in total. The summed E-state index contributed by atoms with van der Waals surface area (Å²) in [6.45, 7) is 5.45. The predicted molar refractivity (Wildman–Crippen MR) is 108 cm³/mol. The molecule has 28 heavy (non-hydrogen) atoms. The van der Waals surface area contributed by atoms with E-state index < -0.39 is 10.0 Å². The molecule has 0 N–H and O–H groups in total. The lowest BCUT2D eigenvalue weighted by Crippen LogP contribution is -2.51. The van der Waals surface area contributed by atoms with E-state index in [2.05, 4.69) is 13.8 Å². The van der Waals surface area contributed by atoms with Crippen molar-refractivity contribution in [3.05, 3.63) is 60.2 Å². The Hall–Kier alpha value is -2.38. The Kier molecular flexibility index (Phi) is 6.36. The summed E-state index contributed by atoms with van der Waals surface area (Å²) in [5, 5.41) is 0. The Labute approximate surface area is 166 Å². The highest BCUT2D eigenvalue weighted by molar-refractivity contribution is 7.89. The molecule has 2 aromatic rings. The number of hydrogen-bond donors (Lipinski definition) is 0. The van der Waals surface area contributed by atoms with Crippen molar-refractivity contribution in [2.45, 2.75) is 24.7 Å². The SMILES string of the molecule is CC(C)c1cccc(OCC(=O)N2CCN(S(=O)(=O)c3ccccc3)CC2)c1. The van der Waals surface area contributed by atoms with Crippen molar-refractivity contribution >= 4 is 15.9 Å². The van der Waals surface area contributed by atoms with E-state index in [1.165, 1.54) is 4.31 Å². The number of hydrogen-bond acceptors (Lipinski definition) is 4. The van der Waals surface area contributed by atoms with Gasteiger partial charge in [-0.1, -0.05) is 44.2 Å². The molecule has 1 heterocycles. The van der Waals surface area contributed by atoms with Gasteiger partial charge < -0.3 is 9.64 Å². The van der Waals surface area contributed by atoms with Gasteiger partial charge in [-0.3, -0.25) is 4.79 Å². The Morgan fingerprint density at radius 3 is 2.32 bits per heavy atom. The van der Waals surface area contributed by atoms with Crippen LogP contribution in [0.3, 0.4) is 0 Å². The first-order chi connectivity index (χ1) is 13.4. The molecule has 1 saturated heterocycles. The number of carbonyl (C=O) groups is 1. The van der Waals surface area contributed by atoms with E-state index in [-0.39, 0.29) is 30.5 Å². The fourth-order valence-corrected chi connectivity index (χ4v) is 4.56. The summed E-state index contributed by atoms with van der Waals surface area (Å²) < 4.78 is 32.4. The normalized spacial score (nSPS) is 15.6. The second-order valence-corrected chi connectivity index (χ2v) is 9.05. The van der Waals surface area contributed by atoms with Crippen LogP contribution >= 0.6 is 0 Å². The standard InChI is InChI=1S/C21H26N2O4S/c1-17(2)18-7-6-8-19(15-18)27-16-21(24)22-11-13-23(14-12-22)28(25,26)20-9-4-3-5-10-20/h3-10,15,17H,11-14,16H2,1-2H3. The van der Waals surface area contributed by atoms with Crippen LogP contribution in [0.5, 0.6) is 5.75 Å². The summed E-state index contributed by atoms with van der Waals surface area (Å²) >= 11 is 0. The summed E-state index contributed by atoms with van der Waals surface area (Å²) in [6, 6.07) is 16.1. The molecule has 0 atom stereocenters. The van der Waals surface area contributed by atoms with Gasteiger partial charge >= 0.3 is 0 Å². The van der Waals surface area contributed by atoms with Gasteiger partial charge in [-0.25, -0.2) is 8.42 Å². The molecule has 0 unspecified atom stereocenters. The summed E-state index contributed by atoms with van der Waals surface area (Å²) in [6.07, 6.45) is 0. The van der Waals surface area contributed by atoms with E-state index in [4.69, 9.17) is 4.74 Å². The van der Waals surface area contributed by atoms with Gasteiger partial charge in [-0.05, 0) is 35.7 Å². The lowest BCUT2D eigenvalue weighted by atomic mass is 10.0. The molecular weight excluding hydrogens is 376 g/mol. The van der Waals surface area contributed by atoms with E-state index in [0.717, 1.165) is 5.56 Å². The third-order valence-electron chi connectivity index (χ3n) is 4.86. The van der Waals surface area contributed by atoms with E-state index in [1.807, 2.05) is 24.3 Å². The van der Waals surface area contributed by atoms with Crippen molar-refractivity contribution in [1.82, 2.24) is 9.21 Å². The van der Waals surface area contributed by atoms with Gasteiger partial charge in [0, 0.05) is 26.2 Å². The van der Waals surface area contributed by atoms with Gasteiger partial charge in [0.25, 0.3) is 5.91 Å². The fraction of sp³-hybridized carbons (Fsp3) is 0.381. The second kappa shape index (κ2) is 8.75. The summed E-state index contributed by atoms with van der Waals surface area (Å²) in [5.41, 5.74) is 1.16. The maximum Gasteiger partial charge on any atom is 0.260 e. The Bertz CT molecular complexity index is 905. The lowest BCUT2D eigenvalue weighted by Gasteiger charge is -2.34. The molecule has 1 aliphatic rings.